The SMILES string of the molecule is O=C1/C(=C\c2ccc(-c3ccc([N+](=O)[O-])cc3Cl)o2)S/C(=N/c2nccs2)N1C1CCCCC1. The van der Waals surface area contributed by atoms with Gasteiger partial charge >= 0.3 is 0 Å². The predicted octanol–water partition coefficient (Wildman–Crippen LogP) is 6.90. The number of benzene rings is 1. The van der Waals surface area contributed by atoms with E-state index in [1.54, 1.807) is 30.5 Å². The molecule has 1 amide bonds. The van der Waals surface area contributed by atoms with Crippen molar-refractivity contribution >= 4 is 62.7 Å². The van der Waals surface area contributed by atoms with Gasteiger partial charge in [-0.2, -0.15) is 4.99 Å². The predicted molar refractivity (Wildman–Crippen MR) is 134 cm³/mol. The number of thioether (sulfide) groups is 1. The van der Waals surface area contributed by atoms with Gasteiger partial charge in [-0.3, -0.25) is 19.8 Å². The number of amidine groups is 1. The molecule has 1 aromatic carbocycles. The van der Waals surface area contributed by atoms with Crippen molar-refractivity contribution in [3.8, 4) is 11.3 Å². The van der Waals surface area contributed by atoms with E-state index in [0.717, 1.165) is 25.7 Å². The summed E-state index contributed by atoms with van der Waals surface area (Å²) in [5.74, 6) is 0.862. The molecule has 174 valence electrons. The molecule has 0 unspecified atom stereocenters. The maximum atomic E-state index is 13.4. The second-order valence-corrected chi connectivity index (χ2v) is 10.2. The number of halogens is 1. The summed E-state index contributed by atoms with van der Waals surface area (Å²) in [6.45, 7) is 0. The van der Waals surface area contributed by atoms with Crippen LogP contribution in [0.1, 0.15) is 37.9 Å². The summed E-state index contributed by atoms with van der Waals surface area (Å²) in [5.41, 5.74) is 0.447. The third kappa shape index (κ3) is 4.66. The lowest BCUT2D eigenvalue weighted by Gasteiger charge is -2.30. The number of nitro groups is 1. The minimum atomic E-state index is -0.501. The molecule has 2 aliphatic rings. The Kier molecular flexibility index (Phi) is 6.53. The van der Waals surface area contributed by atoms with E-state index in [2.05, 4.69) is 9.98 Å². The molecule has 0 N–H and O–H groups in total. The van der Waals surface area contributed by atoms with Crippen LogP contribution in [0.15, 0.2) is 56.2 Å². The van der Waals surface area contributed by atoms with Crippen LogP contribution < -0.4 is 0 Å². The fourth-order valence-electron chi connectivity index (χ4n) is 4.10. The quantitative estimate of drug-likeness (QED) is 0.208. The zero-order valence-corrected chi connectivity index (χ0v) is 20.2. The van der Waals surface area contributed by atoms with Gasteiger partial charge in [-0.25, -0.2) is 4.98 Å². The van der Waals surface area contributed by atoms with Crippen molar-refractivity contribution in [2.75, 3.05) is 0 Å². The highest BCUT2D eigenvalue weighted by Gasteiger charge is 2.39. The average Bonchev–Trinajstić information content (AvgIpc) is 3.57. The first-order valence-corrected chi connectivity index (χ1v) is 12.8. The first-order chi connectivity index (χ1) is 16.5. The number of nitrogens with zero attached hydrogens (tertiary/aromatic N) is 4. The summed E-state index contributed by atoms with van der Waals surface area (Å²) >= 11 is 8.98. The van der Waals surface area contributed by atoms with Crippen molar-refractivity contribution in [2.45, 2.75) is 38.1 Å². The summed E-state index contributed by atoms with van der Waals surface area (Å²) in [6, 6.07) is 7.82. The molecule has 0 bridgehead atoms. The minimum Gasteiger partial charge on any atom is -0.457 e. The van der Waals surface area contributed by atoms with Crippen LogP contribution in [0, 0.1) is 10.1 Å². The Bertz CT molecular complexity index is 1300. The zero-order valence-electron chi connectivity index (χ0n) is 17.8. The van der Waals surface area contributed by atoms with Gasteiger partial charge < -0.3 is 4.42 Å². The van der Waals surface area contributed by atoms with Gasteiger partial charge in [0.2, 0.25) is 5.13 Å². The van der Waals surface area contributed by atoms with Crippen LogP contribution in [0.25, 0.3) is 17.4 Å². The van der Waals surface area contributed by atoms with Crippen LogP contribution in [-0.2, 0) is 4.79 Å². The molecule has 1 aliphatic carbocycles. The number of hydrogen-bond acceptors (Lipinski definition) is 8. The number of carbonyl (C=O) groups excluding carboxylic acids is 1. The highest BCUT2D eigenvalue weighted by Crippen LogP contribution is 2.39. The summed E-state index contributed by atoms with van der Waals surface area (Å²) in [5, 5.41) is 14.3. The molecule has 8 nitrogen and oxygen atoms in total. The Morgan fingerprint density at radius 1 is 1.24 bits per heavy atom. The second kappa shape index (κ2) is 9.73. The van der Waals surface area contributed by atoms with Crippen molar-refractivity contribution < 1.29 is 14.1 Å². The van der Waals surface area contributed by atoms with Gasteiger partial charge in [-0.05, 0) is 42.8 Å². The number of amides is 1. The van der Waals surface area contributed by atoms with Crippen LogP contribution >= 0.6 is 34.7 Å². The molecular formula is C23H19ClN4O4S2. The van der Waals surface area contributed by atoms with Crippen LogP contribution in [0.3, 0.4) is 0 Å². The molecular weight excluding hydrogens is 496 g/mol. The van der Waals surface area contributed by atoms with E-state index in [0.29, 0.717) is 32.3 Å². The van der Waals surface area contributed by atoms with Gasteiger partial charge in [0.05, 0.1) is 14.9 Å². The Morgan fingerprint density at radius 2 is 2.06 bits per heavy atom. The van der Waals surface area contributed by atoms with E-state index in [-0.39, 0.29) is 22.7 Å². The van der Waals surface area contributed by atoms with Gasteiger partial charge in [0, 0.05) is 41.4 Å². The largest absolute Gasteiger partial charge is 0.457 e. The van der Waals surface area contributed by atoms with Crippen molar-refractivity contribution in [3.05, 3.63) is 67.7 Å². The van der Waals surface area contributed by atoms with Crippen LogP contribution in [0.5, 0.6) is 0 Å². The van der Waals surface area contributed by atoms with E-state index < -0.39 is 4.92 Å². The van der Waals surface area contributed by atoms with Crippen molar-refractivity contribution in [1.29, 1.82) is 0 Å². The number of aliphatic imine (C=N–C) groups is 1. The molecule has 1 aliphatic heterocycles. The van der Waals surface area contributed by atoms with Crippen LogP contribution in [0.2, 0.25) is 5.02 Å². The number of hydrogen-bond donors (Lipinski definition) is 0. The standard InChI is InChI=1S/C23H19ClN4O4S2/c24-18-12-15(28(30)31)6-8-17(18)19-9-7-16(32-19)13-20-21(29)27(14-4-2-1-3-5-14)23(34-20)26-22-25-10-11-33-22/h6-14H,1-5H2/b20-13+,26-23+. The van der Waals surface area contributed by atoms with Gasteiger partial charge in [0.25, 0.3) is 11.6 Å². The lowest BCUT2D eigenvalue weighted by atomic mass is 9.94. The average molecular weight is 515 g/mol. The van der Waals surface area contributed by atoms with E-state index in [4.69, 9.17) is 16.0 Å². The maximum absolute atomic E-state index is 13.4. The van der Waals surface area contributed by atoms with Gasteiger partial charge in [0.1, 0.15) is 11.5 Å². The van der Waals surface area contributed by atoms with Crippen molar-refractivity contribution in [3.63, 3.8) is 0 Å². The Balaban J connectivity index is 1.44. The molecule has 34 heavy (non-hydrogen) atoms. The number of non-ortho nitro benzene ring substituents is 1. The van der Waals surface area contributed by atoms with Gasteiger partial charge in [-0.1, -0.05) is 30.9 Å². The molecule has 2 fully saturated rings. The van der Waals surface area contributed by atoms with E-state index >= 15 is 0 Å². The molecule has 1 saturated heterocycles. The number of carbonyl (C=O) groups is 1. The van der Waals surface area contributed by atoms with E-state index in [1.165, 1.54) is 41.7 Å². The smallest absolute Gasteiger partial charge is 0.270 e. The highest BCUT2D eigenvalue weighted by atomic mass is 35.5. The first kappa shape index (κ1) is 22.8. The first-order valence-electron chi connectivity index (χ1n) is 10.7. The molecule has 3 heterocycles. The van der Waals surface area contributed by atoms with Crippen molar-refractivity contribution in [1.82, 2.24) is 9.88 Å². The lowest BCUT2D eigenvalue weighted by molar-refractivity contribution is -0.384. The van der Waals surface area contributed by atoms with E-state index in [1.807, 2.05) is 10.3 Å². The summed E-state index contributed by atoms with van der Waals surface area (Å²) in [6.07, 6.45) is 8.70. The van der Waals surface area contributed by atoms with Gasteiger partial charge in [-0.15, -0.1) is 11.3 Å². The number of furan rings is 1. The molecule has 5 rings (SSSR count). The summed E-state index contributed by atoms with van der Waals surface area (Å²) < 4.78 is 5.92. The zero-order chi connectivity index (χ0) is 23.7. The van der Waals surface area contributed by atoms with Crippen molar-refractivity contribution in [2.24, 2.45) is 4.99 Å². The molecule has 11 heteroatoms. The fourth-order valence-corrected chi connectivity index (χ4v) is 5.95. The molecule has 2 aromatic heterocycles. The van der Waals surface area contributed by atoms with Gasteiger partial charge in [0.15, 0.2) is 5.17 Å². The summed E-state index contributed by atoms with van der Waals surface area (Å²) in [7, 11) is 0. The third-order valence-corrected chi connectivity index (χ3v) is 7.68. The maximum Gasteiger partial charge on any atom is 0.270 e. The Morgan fingerprint density at radius 3 is 2.76 bits per heavy atom. The number of thiazole rings is 1. The monoisotopic (exact) mass is 514 g/mol. The third-order valence-electron chi connectivity index (χ3n) is 5.72. The molecule has 0 spiro atoms. The highest BCUT2D eigenvalue weighted by molar-refractivity contribution is 8.18. The molecule has 0 atom stereocenters. The fraction of sp³-hybridized carbons (Fsp3) is 0.261. The Hall–Kier alpha value is -2.95. The molecule has 1 saturated carbocycles. The number of rotatable bonds is 5. The topological polar surface area (TPSA) is 102 Å². The molecule has 3 aromatic rings. The summed E-state index contributed by atoms with van der Waals surface area (Å²) in [4.78, 5) is 35.1. The lowest BCUT2D eigenvalue weighted by Crippen LogP contribution is -2.40. The normalized spacial score (nSPS) is 19.4. The van der Waals surface area contributed by atoms with Crippen LogP contribution in [0.4, 0.5) is 10.8 Å². The van der Waals surface area contributed by atoms with E-state index in [9.17, 15) is 14.9 Å². The number of aromatic nitrogens is 1. The molecule has 0 radical (unpaired) electrons. The number of nitro benzene ring substituents is 1. The second-order valence-electron chi connectivity index (χ2n) is 7.91. The Labute approximate surface area is 208 Å². The van der Waals surface area contributed by atoms with Crippen LogP contribution in [-0.4, -0.2) is 31.9 Å². The minimum absolute atomic E-state index is 0.0847.